The fourth-order valence-corrected chi connectivity index (χ4v) is 2.77. The molecule has 0 aliphatic heterocycles. The number of ketones is 1. The van der Waals surface area contributed by atoms with Gasteiger partial charge in [-0.2, -0.15) is 10.2 Å². The summed E-state index contributed by atoms with van der Waals surface area (Å²) in [5.41, 5.74) is 0.904. The summed E-state index contributed by atoms with van der Waals surface area (Å²) in [7, 11) is -3.69. The molecule has 0 saturated heterocycles. The average molecular weight is 305 g/mol. The molecule has 1 aromatic carbocycles. The molecular weight excluding hydrogens is 290 g/mol. The van der Waals surface area contributed by atoms with Crippen molar-refractivity contribution in [3.63, 3.8) is 0 Å². The third-order valence-corrected chi connectivity index (χ3v) is 4.26. The predicted octanol–water partition coefficient (Wildman–Crippen LogP) is 1.55. The molecule has 7 heteroatoms. The Morgan fingerprint density at radius 1 is 1.24 bits per heavy atom. The summed E-state index contributed by atoms with van der Waals surface area (Å²) in [6.07, 6.45) is 1.84. The van der Waals surface area contributed by atoms with Gasteiger partial charge < -0.3 is 0 Å². The lowest BCUT2D eigenvalue weighted by Crippen LogP contribution is -2.24. The molecule has 0 atom stereocenters. The molecule has 1 aromatic heterocycles. The lowest BCUT2D eigenvalue weighted by atomic mass is 10.1. The number of aromatic nitrogens is 2. The Labute approximate surface area is 123 Å². The molecule has 110 valence electrons. The van der Waals surface area contributed by atoms with Gasteiger partial charge in [-0.15, -0.1) is 0 Å². The molecule has 0 radical (unpaired) electrons. The maximum atomic E-state index is 12.2. The summed E-state index contributed by atoms with van der Waals surface area (Å²) in [6.45, 7) is 1.78. The molecule has 0 aliphatic rings. The van der Waals surface area contributed by atoms with E-state index in [0.29, 0.717) is 17.7 Å². The molecule has 0 spiro atoms. The van der Waals surface area contributed by atoms with Crippen LogP contribution in [0.3, 0.4) is 0 Å². The lowest BCUT2D eigenvalue weighted by Gasteiger charge is -2.07. The van der Waals surface area contributed by atoms with E-state index in [2.05, 4.69) is 14.9 Å². The summed E-state index contributed by atoms with van der Waals surface area (Å²) < 4.78 is 26.8. The van der Waals surface area contributed by atoms with E-state index in [1.54, 1.807) is 31.2 Å². The summed E-state index contributed by atoms with van der Waals surface area (Å²) in [6, 6.07) is 9.34. The minimum Gasteiger partial charge on any atom is -0.294 e. The smallest absolute Gasteiger partial charge is 0.240 e. The topological polar surface area (TPSA) is 89.0 Å². The van der Waals surface area contributed by atoms with Crippen molar-refractivity contribution in [3.8, 4) is 0 Å². The van der Waals surface area contributed by atoms with Crippen molar-refractivity contribution in [2.24, 2.45) is 0 Å². The SMILES string of the molecule is CCC(=O)c1cccc(S(=O)(=O)NCc2cccnn2)c1. The van der Waals surface area contributed by atoms with E-state index in [9.17, 15) is 13.2 Å². The van der Waals surface area contributed by atoms with E-state index in [1.165, 1.54) is 18.3 Å². The van der Waals surface area contributed by atoms with Gasteiger partial charge in [0.05, 0.1) is 17.1 Å². The number of hydrogen-bond donors (Lipinski definition) is 1. The lowest BCUT2D eigenvalue weighted by molar-refractivity contribution is 0.0988. The Balaban J connectivity index is 2.18. The van der Waals surface area contributed by atoms with Gasteiger partial charge in [0, 0.05) is 18.2 Å². The fourth-order valence-electron chi connectivity index (χ4n) is 1.72. The first-order valence-electron chi connectivity index (χ1n) is 6.42. The van der Waals surface area contributed by atoms with Gasteiger partial charge in [0.1, 0.15) is 0 Å². The molecule has 21 heavy (non-hydrogen) atoms. The Kier molecular flexibility index (Phi) is 4.77. The number of sulfonamides is 1. The fraction of sp³-hybridized carbons (Fsp3) is 0.214. The number of nitrogens with one attached hydrogen (secondary N) is 1. The number of carbonyl (C=O) groups excluding carboxylic acids is 1. The number of Topliss-reactive ketones (excluding diaryl/α,β-unsaturated/α-hetero) is 1. The van der Waals surface area contributed by atoms with Crippen molar-refractivity contribution in [1.29, 1.82) is 0 Å². The van der Waals surface area contributed by atoms with Gasteiger partial charge >= 0.3 is 0 Å². The van der Waals surface area contributed by atoms with Gasteiger partial charge in [0.25, 0.3) is 0 Å². The molecular formula is C14H15N3O3S. The number of hydrogen-bond acceptors (Lipinski definition) is 5. The van der Waals surface area contributed by atoms with Crippen LogP contribution >= 0.6 is 0 Å². The molecule has 6 nitrogen and oxygen atoms in total. The third-order valence-electron chi connectivity index (χ3n) is 2.86. The maximum Gasteiger partial charge on any atom is 0.240 e. The highest BCUT2D eigenvalue weighted by atomic mass is 32.2. The second kappa shape index (κ2) is 6.55. The molecule has 0 saturated carbocycles. The standard InChI is InChI=1S/C14H15N3O3S/c1-2-14(18)11-5-3-7-13(9-11)21(19,20)16-10-12-6-4-8-15-17-12/h3-9,16H,2,10H2,1H3. The molecule has 1 heterocycles. The van der Waals surface area contributed by atoms with Crippen LogP contribution in [-0.2, 0) is 16.6 Å². The first-order valence-corrected chi connectivity index (χ1v) is 7.91. The molecule has 0 amide bonds. The summed E-state index contributed by atoms with van der Waals surface area (Å²) in [5, 5.41) is 7.48. The zero-order chi connectivity index (χ0) is 15.3. The summed E-state index contributed by atoms with van der Waals surface area (Å²) in [5.74, 6) is -0.0963. The highest BCUT2D eigenvalue weighted by molar-refractivity contribution is 7.89. The van der Waals surface area contributed by atoms with Gasteiger partial charge in [0.2, 0.25) is 10.0 Å². The minimum atomic E-state index is -3.69. The number of carbonyl (C=O) groups is 1. The normalized spacial score (nSPS) is 11.3. The van der Waals surface area contributed by atoms with E-state index < -0.39 is 10.0 Å². The monoisotopic (exact) mass is 305 g/mol. The van der Waals surface area contributed by atoms with Crippen molar-refractivity contribution >= 4 is 15.8 Å². The number of benzene rings is 1. The highest BCUT2D eigenvalue weighted by Crippen LogP contribution is 2.13. The van der Waals surface area contributed by atoms with Crippen LogP contribution in [0.4, 0.5) is 0 Å². The zero-order valence-corrected chi connectivity index (χ0v) is 12.3. The van der Waals surface area contributed by atoms with Crippen LogP contribution in [-0.4, -0.2) is 24.4 Å². The maximum absolute atomic E-state index is 12.2. The van der Waals surface area contributed by atoms with Crippen molar-refractivity contribution in [1.82, 2.24) is 14.9 Å². The van der Waals surface area contributed by atoms with Crippen LogP contribution in [0.25, 0.3) is 0 Å². The van der Waals surface area contributed by atoms with Crippen molar-refractivity contribution < 1.29 is 13.2 Å². The zero-order valence-electron chi connectivity index (χ0n) is 11.5. The van der Waals surface area contributed by atoms with Crippen LogP contribution < -0.4 is 4.72 Å². The molecule has 2 aromatic rings. The predicted molar refractivity (Wildman–Crippen MR) is 77.1 cm³/mol. The van der Waals surface area contributed by atoms with Crippen molar-refractivity contribution in [2.75, 3.05) is 0 Å². The largest absolute Gasteiger partial charge is 0.294 e. The van der Waals surface area contributed by atoms with Gasteiger partial charge in [0.15, 0.2) is 5.78 Å². The Bertz CT molecular complexity index is 730. The van der Waals surface area contributed by atoms with Gasteiger partial charge in [-0.25, -0.2) is 13.1 Å². The quantitative estimate of drug-likeness (QED) is 0.818. The second-order valence-electron chi connectivity index (χ2n) is 4.34. The molecule has 1 N–H and O–H groups in total. The highest BCUT2D eigenvalue weighted by Gasteiger charge is 2.15. The number of rotatable bonds is 6. The first kappa shape index (κ1) is 15.3. The van der Waals surface area contributed by atoms with Gasteiger partial charge in [-0.05, 0) is 24.3 Å². The van der Waals surface area contributed by atoms with E-state index in [-0.39, 0.29) is 17.2 Å². The van der Waals surface area contributed by atoms with Crippen molar-refractivity contribution in [2.45, 2.75) is 24.8 Å². The minimum absolute atomic E-state index is 0.0438. The molecule has 0 aliphatic carbocycles. The average Bonchev–Trinajstić information content (AvgIpc) is 2.53. The van der Waals surface area contributed by atoms with E-state index in [4.69, 9.17) is 0 Å². The Morgan fingerprint density at radius 2 is 2.05 bits per heavy atom. The molecule has 0 fully saturated rings. The second-order valence-corrected chi connectivity index (χ2v) is 6.11. The Morgan fingerprint density at radius 3 is 2.71 bits per heavy atom. The van der Waals surface area contributed by atoms with Crippen LogP contribution in [0.5, 0.6) is 0 Å². The molecule has 2 rings (SSSR count). The van der Waals surface area contributed by atoms with Crippen LogP contribution in [0.1, 0.15) is 29.4 Å². The summed E-state index contributed by atoms with van der Waals surface area (Å²) in [4.78, 5) is 11.7. The first-order chi connectivity index (χ1) is 10.0. The Hall–Kier alpha value is -2.12. The van der Waals surface area contributed by atoms with E-state index >= 15 is 0 Å². The van der Waals surface area contributed by atoms with Gasteiger partial charge in [-0.3, -0.25) is 4.79 Å². The van der Waals surface area contributed by atoms with Crippen LogP contribution in [0, 0.1) is 0 Å². The van der Waals surface area contributed by atoms with E-state index in [0.717, 1.165) is 0 Å². The number of nitrogens with zero attached hydrogens (tertiary/aromatic N) is 2. The van der Waals surface area contributed by atoms with Crippen LogP contribution in [0.2, 0.25) is 0 Å². The van der Waals surface area contributed by atoms with Crippen LogP contribution in [0.15, 0.2) is 47.5 Å². The van der Waals surface area contributed by atoms with Crippen molar-refractivity contribution in [3.05, 3.63) is 53.9 Å². The van der Waals surface area contributed by atoms with Gasteiger partial charge in [-0.1, -0.05) is 19.1 Å². The third kappa shape index (κ3) is 3.93. The van der Waals surface area contributed by atoms with E-state index in [1.807, 2.05) is 0 Å². The molecule has 0 unspecified atom stereocenters. The summed E-state index contributed by atoms with van der Waals surface area (Å²) >= 11 is 0. The molecule has 0 bridgehead atoms.